The van der Waals surface area contributed by atoms with Crippen molar-refractivity contribution in [1.82, 2.24) is 10.2 Å². The van der Waals surface area contributed by atoms with Crippen LogP contribution in [0.1, 0.15) is 89.8 Å². The summed E-state index contributed by atoms with van der Waals surface area (Å²) in [4.78, 5) is 33.5. The number of aliphatic imine (C=N–C) groups is 1. The summed E-state index contributed by atoms with van der Waals surface area (Å²) in [6, 6.07) is 13.1. The van der Waals surface area contributed by atoms with Gasteiger partial charge in [-0.15, -0.1) is 0 Å². The molecule has 218 valence electrons. The summed E-state index contributed by atoms with van der Waals surface area (Å²) in [6.45, 7) is 10.1. The van der Waals surface area contributed by atoms with Crippen molar-refractivity contribution in [1.29, 1.82) is 0 Å². The van der Waals surface area contributed by atoms with Crippen LogP contribution in [0.2, 0.25) is 0 Å². The first-order chi connectivity index (χ1) is 18.6. The smallest absolute Gasteiger partial charge is 0.272 e. The lowest BCUT2D eigenvalue weighted by atomic mass is 9.99. The average molecular weight is 547 g/mol. The zero-order valence-electron chi connectivity index (χ0n) is 25.2. The van der Waals surface area contributed by atoms with Gasteiger partial charge in [0.15, 0.2) is 0 Å². The first-order valence-corrected chi connectivity index (χ1v) is 13.9. The highest BCUT2D eigenvalue weighted by Crippen LogP contribution is 2.28. The molecule has 0 aromatic heterocycles. The number of anilines is 1. The molecule has 3 rings (SSSR count). The molecule has 1 heterocycles. The Morgan fingerprint density at radius 3 is 2.08 bits per heavy atom. The van der Waals surface area contributed by atoms with Crippen molar-refractivity contribution in [3.05, 3.63) is 65.2 Å². The third-order valence-corrected chi connectivity index (χ3v) is 5.33. The van der Waals surface area contributed by atoms with Crippen molar-refractivity contribution in [2.75, 3.05) is 33.1 Å². The lowest BCUT2D eigenvalue weighted by molar-refractivity contribution is -0.127. The van der Waals surface area contributed by atoms with Crippen LogP contribution in [0.5, 0.6) is 0 Å². The number of unbranched alkanes of at least 4 members (excludes halogenated alkanes) is 3. The number of nitrogens with one attached hydrogen (secondary N) is 1. The van der Waals surface area contributed by atoms with E-state index in [4.69, 9.17) is 0 Å². The molecule has 2 amide bonds. The SMILES string of the molecule is CC.CC.CCCCCCC(=O)NC1N=C(c2ccc(C(F)F)cc2)c2ccccc2N(C)C1=O.CN(C)C. The Kier molecular flexibility index (Phi) is 18.3. The number of nitrogens with zero attached hydrogens (tertiary/aromatic N) is 3. The maximum absolute atomic E-state index is 13.0. The molecule has 1 N–H and O–H groups in total. The van der Waals surface area contributed by atoms with Crippen molar-refractivity contribution in [3.8, 4) is 0 Å². The number of alkyl halides is 2. The summed E-state index contributed by atoms with van der Waals surface area (Å²) >= 11 is 0. The van der Waals surface area contributed by atoms with Gasteiger partial charge in [0, 0.05) is 30.2 Å². The highest BCUT2D eigenvalue weighted by Gasteiger charge is 2.30. The molecule has 6 nitrogen and oxygen atoms in total. The first-order valence-electron chi connectivity index (χ1n) is 13.9. The third-order valence-electron chi connectivity index (χ3n) is 5.33. The van der Waals surface area contributed by atoms with Crippen LogP contribution in [0.3, 0.4) is 0 Å². The highest BCUT2D eigenvalue weighted by molar-refractivity contribution is 6.20. The van der Waals surface area contributed by atoms with Gasteiger partial charge in [-0.25, -0.2) is 13.8 Å². The van der Waals surface area contributed by atoms with Crippen molar-refractivity contribution in [2.45, 2.75) is 79.3 Å². The molecule has 1 aliphatic heterocycles. The summed E-state index contributed by atoms with van der Waals surface area (Å²) < 4.78 is 25.9. The van der Waals surface area contributed by atoms with Crippen molar-refractivity contribution >= 4 is 23.2 Å². The minimum Gasteiger partial charge on any atom is -0.327 e. The minimum atomic E-state index is -2.56. The fourth-order valence-electron chi connectivity index (χ4n) is 3.57. The fraction of sp³-hybridized carbons (Fsp3) is 0.516. The van der Waals surface area contributed by atoms with E-state index in [9.17, 15) is 18.4 Å². The van der Waals surface area contributed by atoms with Gasteiger partial charge in [0.2, 0.25) is 12.1 Å². The number of carbonyl (C=O) groups is 2. The topological polar surface area (TPSA) is 65.0 Å². The molecule has 0 saturated carbocycles. The molecular formula is C31H48F2N4O2. The summed E-state index contributed by atoms with van der Waals surface area (Å²) in [5.41, 5.74) is 2.33. The number of rotatable bonds is 8. The van der Waals surface area contributed by atoms with E-state index < -0.39 is 12.6 Å². The predicted octanol–water partition coefficient (Wildman–Crippen LogP) is 7.08. The van der Waals surface area contributed by atoms with Gasteiger partial charge in [0.25, 0.3) is 12.3 Å². The molecule has 0 bridgehead atoms. The lowest BCUT2D eigenvalue weighted by Crippen LogP contribution is -2.46. The second-order valence-electron chi connectivity index (χ2n) is 8.94. The number of fused-ring (bicyclic) bond motifs is 1. The molecule has 39 heavy (non-hydrogen) atoms. The van der Waals surface area contributed by atoms with E-state index >= 15 is 0 Å². The summed E-state index contributed by atoms with van der Waals surface area (Å²) in [5.74, 6) is -0.585. The summed E-state index contributed by atoms with van der Waals surface area (Å²) in [7, 11) is 7.64. The molecule has 8 heteroatoms. The quantitative estimate of drug-likeness (QED) is 0.360. The van der Waals surface area contributed by atoms with E-state index in [-0.39, 0.29) is 17.4 Å². The molecule has 0 fully saturated rings. The van der Waals surface area contributed by atoms with Gasteiger partial charge in [0.05, 0.1) is 11.4 Å². The summed E-state index contributed by atoms with van der Waals surface area (Å²) in [6.07, 6.45) is 0.523. The van der Waals surface area contributed by atoms with Gasteiger partial charge in [-0.05, 0) is 33.6 Å². The van der Waals surface area contributed by atoms with Crippen LogP contribution in [-0.2, 0) is 9.59 Å². The Bertz CT molecular complexity index is 1010. The normalized spacial score (nSPS) is 14.0. The first kappa shape index (κ1) is 35.9. The monoisotopic (exact) mass is 546 g/mol. The van der Waals surface area contributed by atoms with Crippen LogP contribution in [0, 0.1) is 0 Å². The third kappa shape index (κ3) is 12.1. The Labute approximate surface area is 234 Å². The molecule has 0 saturated heterocycles. The Morgan fingerprint density at radius 2 is 1.54 bits per heavy atom. The lowest BCUT2D eigenvalue weighted by Gasteiger charge is -2.20. The Morgan fingerprint density at radius 1 is 0.974 bits per heavy atom. The number of hydrogen-bond acceptors (Lipinski definition) is 4. The van der Waals surface area contributed by atoms with Gasteiger partial charge in [-0.3, -0.25) is 9.59 Å². The molecule has 0 spiro atoms. The van der Waals surface area contributed by atoms with Gasteiger partial charge in [-0.2, -0.15) is 0 Å². The minimum absolute atomic E-state index is 0.0867. The highest BCUT2D eigenvalue weighted by atomic mass is 19.3. The molecule has 1 atom stereocenters. The average Bonchev–Trinajstić information content (AvgIpc) is 3.04. The number of carbonyl (C=O) groups excluding carboxylic acids is 2. The van der Waals surface area contributed by atoms with Crippen LogP contribution in [0.15, 0.2) is 53.5 Å². The second kappa shape index (κ2) is 19.9. The molecule has 1 aliphatic rings. The molecule has 0 aliphatic carbocycles. The zero-order valence-corrected chi connectivity index (χ0v) is 25.2. The fourth-order valence-corrected chi connectivity index (χ4v) is 3.57. The number of para-hydroxylation sites is 1. The van der Waals surface area contributed by atoms with Crippen molar-refractivity contribution < 1.29 is 18.4 Å². The maximum atomic E-state index is 13.0. The standard InChI is InChI=1S/C24H27F2N3O2.C3H9N.2C2H6/c1-3-4-5-6-11-20(30)27-23-24(31)29(2)19-10-8-7-9-18(19)21(28-23)16-12-14-17(15-13-16)22(25)26;1-4(2)3;2*1-2/h7-10,12-15,22-23H,3-6,11H2,1-2H3,(H,27,30);1-3H3;2*1-2H3. The predicted molar refractivity (Wildman–Crippen MR) is 160 cm³/mol. The van der Waals surface area contributed by atoms with Gasteiger partial charge in [0.1, 0.15) is 0 Å². The van der Waals surface area contributed by atoms with Crippen LogP contribution in [0.25, 0.3) is 0 Å². The van der Waals surface area contributed by atoms with E-state index in [0.717, 1.165) is 25.7 Å². The van der Waals surface area contributed by atoms with Crippen LogP contribution >= 0.6 is 0 Å². The zero-order chi connectivity index (χ0) is 30.0. The number of likely N-dealkylation sites (N-methyl/N-ethyl adjacent to an activating group) is 1. The second-order valence-corrected chi connectivity index (χ2v) is 8.94. The van der Waals surface area contributed by atoms with E-state index in [1.165, 1.54) is 17.0 Å². The van der Waals surface area contributed by atoms with E-state index in [1.807, 2.05) is 71.9 Å². The molecule has 1 unspecified atom stereocenters. The van der Waals surface area contributed by atoms with Crippen molar-refractivity contribution in [2.24, 2.45) is 4.99 Å². The molecular weight excluding hydrogens is 498 g/mol. The summed E-state index contributed by atoms with van der Waals surface area (Å²) in [5, 5.41) is 2.74. The molecule has 2 aromatic rings. The number of benzodiazepines with no additional fused rings is 1. The number of benzene rings is 2. The largest absolute Gasteiger partial charge is 0.327 e. The van der Waals surface area contributed by atoms with Gasteiger partial charge < -0.3 is 15.1 Å². The number of halogens is 2. The van der Waals surface area contributed by atoms with Crippen LogP contribution in [0.4, 0.5) is 14.5 Å². The van der Waals surface area contributed by atoms with E-state index in [0.29, 0.717) is 28.9 Å². The molecule has 2 aromatic carbocycles. The van der Waals surface area contributed by atoms with Crippen molar-refractivity contribution in [3.63, 3.8) is 0 Å². The van der Waals surface area contributed by atoms with Crippen LogP contribution in [-0.4, -0.2) is 56.8 Å². The van der Waals surface area contributed by atoms with E-state index in [2.05, 4.69) is 17.2 Å². The Hall–Kier alpha value is -3.13. The maximum Gasteiger partial charge on any atom is 0.272 e. The van der Waals surface area contributed by atoms with Gasteiger partial charge in [-0.1, -0.05) is 96.3 Å². The van der Waals surface area contributed by atoms with Crippen LogP contribution < -0.4 is 10.2 Å². The Balaban J connectivity index is 0.00000162. The van der Waals surface area contributed by atoms with Gasteiger partial charge >= 0.3 is 0 Å². The number of hydrogen-bond donors (Lipinski definition) is 1. The molecule has 0 radical (unpaired) electrons. The number of amides is 2. The van der Waals surface area contributed by atoms with E-state index in [1.54, 1.807) is 25.2 Å².